The first kappa shape index (κ1) is 22.0. The van der Waals surface area contributed by atoms with Crippen molar-refractivity contribution in [2.24, 2.45) is 0 Å². The number of hydrogen-bond donors (Lipinski definition) is 1. The summed E-state index contributed by atoms with van der Waals surface area (Å²) in [6, 6.07) is 12.4. The Kier molecular flexibility index (Phi) is 6.52. The van der Waals surface area contributed by atoms with Crippen LogP contribution in [0.5, 0.6) is 0 Å². The van der Waals surface area contributed by atoms with Gasteiger partial charge in [-0.2, -0.15) is 9.40 Å². The van der Waals surface area contributed by atoms with Crippen LogP contribution in [-0.4, -0.2) is 48.0 Å². The Hall–Kier alpha value is -3.24. The van der Waals surface area contributed by atoms with Gasteiger partial charge in [-0.25, -0.2) is 13.1 Å². The topological polar surface area (TPSA) is 115 Å². The third-order valence-corrected chi connectivity index (χ3v) is 7.23. The minimum atomic E-state index is -3.54. The number of benzene rings is 1. The van der Waals surface area contributed by atoms with Crippen molar-refractivity contribution < 1.29 is 17.6 Å². The maximum atomic E-state index is 12.7. The molecule has 0 unspecified atom stereocenters. The number of nitrogens with zero attached hydrogens (tertiary/aromatic N) is 3. The Morgan fingerprint density at radius 3 is 2.47 bits per heavy atom. The number of amides is 1. The molecular formula is C22H24N4O5S. The van der Waals surface area contributed by atoms with Crippen LogP contribution in [0.1, 0.15) is 29.6 Å². The molecule has 0 saturated carbocycles. The second-order valence-corrected chi connectivity index (χ2v) is 9.44. The monoisotopic (exact) mass is 456 g/mol. The fourth-order valence-electron chi connectivity index (χ4n) is 3.57. The van der Waals surface area contributed by atoms with E-state index in [1.165, 1.54) is 45.6 Å². The number of piperidine rings is 1. The van der Waals surface area contributed by atoms with Crippen LogP contribution in [0.3, 0.4) is 0 Å². The van der Waals surface area contributed by atoms with E-state index < -0.39 is 10.0 Å². The maximum absolute atomic E-state index is 12.7. The average Bonchev–Trinajstić information content (AvgIpc) is 3.36. The van der Waals surface area contributed by atoms with Gasteiger partial charge in [-0.05, 0) is 55.3 Å². The average molecular weight is 457 g/mol. The molecule has 10 heteroatoms. The van der Waals surface area contributed by atoms with Gasteiger partial charge in [-0.15, -0.1) is 0 Å². The highest BCUT2D eigenvalue weighted by molar-refractivity contribution is 7.89. The summed E-state index contributed by atoms with van der Waals surface area (Å²) >= 11 is 0. The van der Waals surface area contributed by atoms with Crippen molar-refractivity contribution in [1.29, 1.82) is 0 Å². The van der Waals surface area contributed by atoms with E-state index in [4.69, 9.17) is 4.42 Å². The Balaban J connectivity index is 1.37. The molecule has 4 rings (SSSR count). The van der Waals surface area contributed by atoms with Gasteiger partial charge in [0.05, 0.1) is 17.7 Å². The lowest BCUT2D eigenvalue weighted by molar-refractivity contribution is 0.0951. The summed E-state index contributed by atoms with van der Waals surface area (Å²) < 4.78 is 33.5. The third kappa shape index (κ3) is 4.81. The molecule has 1 N–H and O–H groups in total. The van der Waals surface area contributed by atoms with Gasteiger partial charge in [0.2, 0.25) is 10.0 Å². The molecule has 1 saturated heterocycles. The van der Waals surface area contributed by atoms with E-state index in [0.29, 0.717) is 30.1 Å². The number of carbonyl (C=O) groups excluding carboxylic acids is 1. The fourth-order valence-corrected chi connectivity index (χ4v) is 5.09. The Labute approximate surface area is 185 Å². The van der Waals surface area contributed by atoms with Gasteiger partial charge in [0.15, 0.2) is 5.76 Å². The van der Waals surface area contributed by atoms with Crippen LogP contribution in [0.15, 0.2) is 68.9 Å². The minimum Gasteiger partial charge on any atom is -0.463 e. The molecule has 1 aliphatic heterocycles. The lowest BCUT2D eigenvalue weighted by Gasteiger charge is -2.25. The van der Waals surface area contributed by atoms with Crippen molar-refractivity contribution in [3.05, 3.63) is 70.7 Å². The molecule has 1 fully saturated rings. The number of furan rings is 1. The Morgan fingerprint density at radius 2 is 1.78 bits per heavy atom. The third-order valence-electron chi connectivity index (χ3n) is 5.32. The van der Waals surface area contributed by atoms with Crippen molar-refractivity contribution >= 4 is 15.9 Å². The van der Waals surface area contributed by atoms with Crippen molar-refractivity contribution in [2.75, 3.05) is 19.6 Å². The van der Waals surface area contributed by atoms with Crippen molar-refractivity contribution in [3.63, 3.8) is 0 Å². The zero-order chi connectivity index (χ0) is 22.6. The van der Waals surface area contributed by atoms with Crippen molar-refractivity contribution in [2.45, 2.75) is 30.7 Å². The molecule has 1 aliphatic rings. The number of sulfonamides is 1. The van der Waals surface area contributed by atoms with Gasteiger partial charge >= 0.3 is 0 Å². The molecule has 32 heavy (non-hydrogen) atoms. The SMILES string of the molecule is O=C(NCCn1nc(-c2ccco2)ccc1=O)c1ccc(S(=O)(=O)N2CCCCC2)cc1. The van der Waals surface area contributed by atoms with E-state index in [1.54, 1.807) is 18.2 Å². The smallest absolute Gasteiger partial charge is 0.266 e. The van der Waals surface area contributed by atoms with Crippen LogP contribution in [0, 0.1) is 0 Å². The van der Waals surface area contributed by atoms with Crippen LogP contribution in [-0.2, 0) is 16.6 Å². The van der Waals surface area contributed by atoms with Gasteiger partial charge in [0.1, 0.15) is 5.69 Å². The van der Waals surface area contributed by atoms with E-state index in [2.05, 4.69) is 10.4 Å². The van der Waals surface area contributed by atoms with Gasteiger partial charge in [-0.1, -0.05) is 6.42 Å². The summed E-state index contributed by atoms with van der Waals surface area (Å²) in [6.45, 7) is 1.42. The van der Waals surface area contributed by atoms with E-state index >= 15 is 0 Å². The number of hydrogen-bond acceptors (Lipinski definition) is 6. The summed E-state index contributed by atoms with van der Waals surface area (Å²) in [4.78, 5) is 24.7. The molecular weight excluding hydrogens is 432 g/mol. The van der Waals surface area contributed by atoms with Crippen LogP contribution < -0.4 is 10.9 Å². The Bertz CT molecular complexity index is 1230. The van der Waals surface area contributed by atoms with Gasteiger partial charge < -0.3 is 9.73 Å². The van der Waals surface area contributed by atoms with Gasteiger partial charge in [-0.3, -0.25) is 9.59 Å². The van der Waals surface area contributed by atoms with Crippen LogP contribution >= 0.6 is 0 Å². The summed E-state index contributed by atoms with van der Waals surface area (Å²) in [5, 5.41) is 6.98. The molecule has 9 nitrogen and oxygen atoms in total. The highest BCUT2D eigenvalue weighted by atomic mass is 32.2. The summed E-state index contributed by atoms with van der Waals surface area (Å²) in [5.74, 6) is 0.185. The standard InChI is InChI=1S/C22H24N4O5S/c27-21-11-10-19(20-5-4-16-31-20)24-26(21)15-12-23-22(28)17-6-8-18(9-7-17)32(29,30)25-13-2-1-3-14-25/h4-11,16H,1-3,12-15H2,(H,23,28). The van der Waals surface area contributed by atoms with E-state index in [-0.39, 0.29) is 29.5 Å². The molecule has 1 amide bonds. The summed E-state index contributed by atoms with van der Waals surface area (Å²) in [5.41, 5.74) is 0.570. The number of rotatable bonds is 7. The zero-order valence-corrected chi connectivity index (χ0v) is 18.3. The number of aromatic nitrogens is 2. The fraction of sp³-hybridized carbons (Fsp3) is 0.318. The molecule has 1 aromatic carbocycles. The van der Waals surface area contributed by atoms with Gasteiger partial charge in [0, 0.05) is 31.3 Å². The Morgan fingerprint density at radius 1 is 1.03 bits per heavy atom. The second-order valence-electron chi connectivity index (χ2n) is 7.50. The first-order chi connectivity index (χ1) is 15.4. The number of carbonyl (C=O) groups is 1. The molecule has 3 aromatic rings. The second kappa shape index (κ2) is 9.49. The minimum absolute atomic E-state index is 0.181. The van der Waals surface area contributed by atoms with Crippen molar-refractivity contribution in [1.82, 2.24) is 19.4 Å². The molecule has 0 bridgehead atoms. The predicted molar refractivity (Wildman–Crippen MR) is 118 cm³/mol. The lowest BCUT2D eigenvalue weighted by Crippen LogP contribution is -2.35. The highest BCUT2D eigenvalue weighted by Gasteiger charge is 2.25. The summed E-state index contributed by atoms with van der Waals surface area (Å²) in [6.07, 6.45) is 4.29. The van der Waals surface area contributed by atoms with Gasteiger partial charge in [0.25, 0.3) is 11.5 Å². The molecule has 0 atom stereocenters. The molecule has 0 radical (unpaired) electrons. The normalized spacial score (nSPS) is 14.9. The first-order valence-corrected chi connectivity index (χ1v) is 11.9. The maximum Gasteiger partial charge on any atom is 0.266 e. The lowest BCUT2D eigenvalue weighted by atomic mass is 10.2. The summed E-state index contributed by atoms with van der Waals surface area (Å²) in [7, 11) is -3.54. The highest BCUT2D eigenvalue weighted by Crippen LogP contribution is 2.21. The van der Waals surface area contributed by atoms with Crippen LogP contribution in [0.2, 0.25) is 0 Å². The quantitative estimate of drug-likeness (QED) is 0.582. The number of nitrogens with one attached hydrogen (secondary N) is 1. The molecule has 3 heterocycles. The first-order valence-electron chi connectivity index (χ1n) is 10.5. The van der Waals surface area contributed by atoms with Crippen LogP contribution in [0.25, 0.3) is 11.5 Å². The molecule has 0 spiro atoms. The van der Waals surface area contributed by atoms with E-state index in [0.717, 1.165) is 19.3 Å². The zero-order valence-electron chi connectivity index (χ0n) is 17.4. The van der Waals surface area contributed by atoms with E-state index in [1.807, 2.05) is 0 Å². The molecule has 2 aromatic heterocycles. The van der Waals surface area contributed by atoms with E-state index in [9.17, 15) is 18.0 Å². The predicted octanol–water partition coefficient (Wildman–Crippen LogP) is 2.11. The van der Waals surface area contributed by atoms with Crippen molar-refractivity contribution in [3.8, 4) is 11.5 Å². The van der Waals surface area contributed by atoms with Crippen LogP contribution in [0.4, 0.5) is 0 Å². The molecule has 0 aliphatic carbocycles. The molecule has 168 valence electrons. The largest absolute Gasteiger partial charge is 0.463 e.